The number of fused-ring (bicyclic) bond motifs is 1. The number of aromatic nitrogens is 2. The van der Waals surface area contributed by atoms with Crippen molar-refractivity contribution in [2.45, 2.75) is 11.8 Å². The smallest absolute Gasteiger partial charge is 0.144 e. The summed E-state index contributed by atoms with van der Waals surface area (Å²) in [4.78, 5) is 5.80. The van der Waals surface area contributed by atoms with Crippen LogP contribution in [0.1, 0.15) is 6.92 Å². The van der Waals surface area contributed by atoms with Gasteiger partial charge in [-0.1, -0.05) is 25.1 Å². The first-order valence-electron chi connectivity index (χ1n) is 6.04. The third-order valence-electron chi connectivity index (χ3n) is 2.86. The summed E-state index contributed by atoms with van der Waals surface area (Å²) in [5.74, 6) is 2.10. The molecule has 3 heteroatoms. The van der Waals surface area contributed by atoms with E-state index in [9.17, 15) is 0 Å². The quantitative estimate of drug-likeness (QED) is 0.654. The molecule has 0 aliphatic carbocycles. The SMILES string of the molecule is CCSc1ccc(-c2ncc3ccccn23)cc1. The highest BCUT2D eigenvalue weighted by Gasteiger charge is 2.05. The molecule has 1 aromatic carbocycles. The molecule has 0 saturated carbocycles. The van der Waals surface area contributed by atoms with E-state index < -0.39 is 0 Å². The fourth-order valence-corrected chi connectivity index (χ4v) is 2.69. The number of imidazole rings is 1. The molecule has 0 fully saturated rings. The first-order valence-corrected chi connectivity index (χ1v) is 7.02. The lowest BCUT2D eigenvalue weighted by Gasteiger charge is -2.03. The molecule has 0 atom stereocenters. The molecule has 2 heterocycles. The molecule has 0 amide bonds. The molecule has 0 aliphatic rings. The highest BCUT2D eigenvalue weighted by atomic mass is 32.2. The summed E-state index contributed by atoms with van der Waals surface area (Å²) < 4.78 is 2.11. The average molecular weight is 254 g/mol. The molecule has 0 saturated heterocycles. The predicted molar refractivity (Wildman–Crippen MR) is 77.0 cm³/mol. The summed E-state index contributed by atoms with van der Waals surface area (Å²) in [6.07, 6.45) is 3.95. The summed E-state index contributed by atoms with van der Waals surface area (Å²) in [6.45, 7) is 2.17. The first-order chi connectivity index (χ1) is 8.88. The molecule has 0 aliphatic heterocycles. The fraction of sp³-hybridized carbons (Fsp3) is 0.133. The second kappa shape index (κ2) is 4.86. The number of pyridine rings is 1. The topological polar surface area (TPSA) is 17.3 Å². The maximum absolute atomic E-state index is 4.50. The monoisotopic (exact) mass is 254 g/mol. The first kappa shape index (κ1) is 11.4. The van der Waals surface area contributed by atoms with Crippen LogP contribution in [0.25, 0.3) is 16.9 Å². The number of benzene rings is 1. The van der Waals surface area contributed by atoms with Gasteiger partial charge in [-0.25, -0.2) is 4.98 Å². The van der Waals surface area contributed by atoms with Crippen LogP contribution >= 0.6 is 11.8 Å². The van der Waals surface area contributed by atoms with Crippen molar-refractivity contribution in [3.05, 3.63) is 54.9 Å². The van der Waals surface area contributed by atoms with E-state index in [1.54, 1.807) is 0 Å². The van der Waals surface area contributed by atoms with Crippen LogP contribution in [0.3, 0.4) is 0 Å². The van der Waals surface area contributed by atoms with Crippen LogP contribution in [0.2, 0.25) is 0 Å². The largest absolute Gasteiger partial charge is 0.300 e. The Hall–Kier alpha value is -1.74. The van der Waals surface area contributed by atoms with Crippen molar-refractivity contribution >= 4 is 17.3 Å². The number of thioether (sulfide) groups is 1. The average Bonchev–Trinajstić information content (AvgIpc) is 2.84. The Morgan fingerprint density at radius 2 is 1.94 bits per heavy atom. The lowest BCUT2D eigenvalue weighted by Crippen LogP contribution is -1.88. The molecule has 18 heavy (non-hydrogen) atoms. The summed E-state index contributed by atoms with van der Waals surface area (Å²) in [6, 6.07) is 14.7. The maximum atomic E-state index is 4.50. The Morgan fingerprint density at radius 1 is 1.11 bits per heavy atom. The molecular weight excluding hydrogens is 240 g/mol. The van der Waals surface area contributed by atoms with E-state index in [0.29, 0.717) is 0 Å². The van der Waals surface area contributed by atoms with Gasteiger partial charge >= 0.3 is 0 Å². The lowest BCUT2D eigenvalue weighted by atomic mass is 10.2. The molecule has 3 rings (SSSR count). The molecule has 0 radical (unpaired) electrons. The molecule has 0 unspecified atom stereocenters. The molecular formula is C15H14N2S. The van der Waals surface area contributed by atoms with Crippen molar-refractivity contribution in [2.75, 3.05) is 5.75 Å². The molecule has 90 valence electrons. The van der Waals surface area contributed by atoms with Crippen LogP contribution in [0.15, 0.2) is 59.8 Å². The summed E-state index contributed by atoms with van der Waals surface area (Å²) in [7, 11) is 0. The van der Waals surface area contributed by atoms with Crippen LogP contribution in [0.4, 0.5) is 0 Å². The third kappa shape index (κ3) is 2.02. The van der Waals surface area contributed by atoms with Gasteiger partial charge in [0.2, 0.25) is 0 Å². The zero-order chi connectivity index (χ0) is 12.4. The van der Waals surface area contributed by atoms with Gasteiger partial charge in [-0.2, -0.15) is 0 Å². The Kier molecular flexibility index (Phi) is 3.07. The Morgan fingerprint density at radius 3 is 2.72 bits per heavy atom. The maximum Gasteiger partial charge on any atom is 0.144 e. The van der Waals surface area contributed by atoms with Gasteiger partial charge in [0.15, 0.2) is 0 Å². The fourth-order valence-electron chi connectivity index (χ4n) is 2.02. The lowest BCUT2D eigenvalue weighted by molar-refractivity contribution is 1.16. The van der Waals surface area contributed by atoms with E-state index in [4.69, 9.17) is 0 Å². The van der Waals surface area contributed by atoms with Crippen molar-refractivity contribution in [1.82, 2.24) is 9.38 Å². The van der Waals surface area contributed by atoms with E-state index in [0.717, 1.165) is 22.7 Å². The van der Waals surface area contributed by atoms with Gasteiger partial charge in [0.05, 0.1) is 11.7 Å². The Balaban J connectivity index is 2.03. The predicted octanol–water partition coefficient (Wildman–Crippen LogP) is 4.11. The van der Waals surface area contributed by atoms with E-state index in [2.05, 4.69) is 46.6 Å². The van der Waals surface area contributed by atoms with Crippen molar-refractivity contribution in [1.29, 1.82) is 0 Å². The van der Waals surface area contributed by atoms with E-state index in [1.165, 1.54) is 4.90 Å². The van der Waals surface area contributed by atoms with E-state index in [-0.39, 0.29) is 0 Å². The van der Waals surface area contributed by atoms with Crippen molar-refractivity contribution in [3.8, 4) is 11.4 Å². The number of hydrogen-bond acceptors (Lipinski definition) is 2. The van der Waals surface area contributed by atoms with Crippen LogP contribution in [0.5, 0.6) is 0 Å². The molecule has 2 aromatic heterocycles. The molecule has 0 N–H and O–H groups in total. The van der Waals surface area contributed by atoms with E-state index >= 15 is 0 Å². The molecule has 3 aromatic rings. The number of rotatable bonds is 3. The van der Waals surface area contributed by atoms with Gasteiger partial charge in [0.25, 0.3) is 0 Å². The van der Waals surface area contributed by atoms with Crippen LogP contribution in [-0.4, -0.2) is 15.1 Å². The number of hydrogen-bond donors (Lipinski definition) is 0. The molecule has 0 bridgehead atoms. The summed E-state index contributed by atoms with van der Waals surface area (Å²) in [5, 5.41) is 0. The highest BCUT2D eigenvalue weighted by Crippen LogP contribution is 2.23. The normalized spacial score (nSPS) is 10.9. The third-order valence-corrected chi connectivity index (χ3v) is 3.76. The molecule has 2 nitrogen and oxygen atoms in total. The van der Waals surface area contributed by atoms with Crippen LogP contribution in [0, 0.1) is 0 Å². The Labute approximate surface area is 111 Å². The second-order valence-electron chi connectivity index (χ2n) is 4.03. The zero-order valence-corrected chi connectivity index (χ0v) is 11.0. The van der Waals surface area contributed by atoms with Gasteiger partial charge < -0.3 is 0 Å². The van der Waals surface area contributed by atoms with E-state index in [1.807, 2.05) is 36.3 Å². The van der Waals surface area contributed by atoms with Gasteiger partial charge in [-0.15, -0.1) is 11.8 Å². The van der Waals surface area contributed by atoms with Crippen LogP contribution < -0.4 is 0 Å². The second-order valence-corrected chi connectivity index (χ2v) is 5.37. The minimum Gasteiger partial charge on any atom is -0.300 e. The van der Waals surface area contributed by atoms with Gasteiger partial charge in [-0.05, 0) is 30.0 Å². The highest BCUT2D eigenvalue weighted by molar-refractivity contribution is 7.99. The zero-order valence-electron chi connectivity index (χ0n) is 10.2. The molecule has 0 spiro atoms. The van der Waals surface area contributed by atoms with Crippen molar-refractivity contribution in [2.24, 2.45) is 0 Å². The van der Waals surface area contributed by atoms with Crippen LogP contribution in [-0.2, 0) is 0 Å². The van der Waals surface area contributed by atoms with Gasteiger partial charge in [0.1, 0.15) is 5.82 Å². The summed E-state index contributed by atoms with van der Waals surface area (Å²) >= 11 is 1.86. The minimum atomic E-state index is 0.999. The van der Waals surface area contributed by atoms with Crippen molar-refractivity contribution in [3.63, 3.8) is 0 Å². The van der Waals surface area contributed by atoms with Gasteiger partial charge in [-0.3, -0.25) is 4.40 Å². The standard InChI is InChI=1S/C15H14N2S/c1-2-18-14-8-6-12(7-9-14)15-16-11-13-5-3-4-10-17(13)15/h3-11H,2H2,1H3. The van der Waals surface area contributed by atoms with Gasteiger partial charge in [0, 0.05) is 16.7 Å². The number of nitrogens with zero attached hydrogens (tertiary/aromatic N) is 2. The Bertz CT molecular complexity index is 656. The minimum absolute atomic E-state index is 0.999. The van der Waals surface area contributed by atoms with Crippen molar-refractivity contribution < 1.29 is 0 Å². The summed E-state index contributed by atoms with van der Waals surface area (Å²) in [5.41, 5.74) is 2.28.